The first-order valence-electron chi connectivity index (χ1n) is 9.54. The Balaban J connectivity index is 1.36. The lowest BCUT2D eigenvalue weighted by Crippen LogP contribution is -2.42. The van der Waals surface area contributed by atoms with Gasteiger partial charge in [-0.05, 0) is 52.6 Å². The van der Waals surface area contributed by atoms with E-state index in [0.717, 1.165) is 54.5 Å². The molecule has 0 radical (unpaired) electrons. The molecule has 1 aliphatic rings. The summed E-state index contributed by atoms with van der Waals surface area (Å²) in [5.41, 5.74) is 0.996. The van der Waals surface area contributed by atoms with Crippen molar-refractivity contribution in [2.24, 2.45) is 10.9 Å². The molecule has 3 rings (SSSR count). The normalized spacial score (nSPS) is 16.7. The van der Waals surface area contributed by atoms with Gasteiger partial charge in [0.2, 0.25) is 5.89 Å². The molecule has 8 heteroatoms. The predicted octanol–water partition coefficient (Wildman–Crippen LogP) is 2.63. The third-order valence-electron chi connectivity index (χ3n) is 5.00. The quantitative estimate of drug-likeness (QED) is 0.583. The van der Waals surface area contributed by atoms with Crippen molar-refractivity contribution in [3.05, 3.63) is 33.4 Å². The van der Waals surface area contributed by atoms with Crippen molar-refractivity contribution in [1.29, 1.82) is 0 Å². The Labute approximate surface area is 165 Å². The molecule has 0 unspecified atom stereocenters. The van der Waals surface area contributed by atoms with Crippen LogP contribution in [0.25, 0.3) is 0 Å². The number of piperidine rings is 1. The van der Waals surface area contributed by atoms with Crippen molar-refractivity contribution in [1.82, 2.24) is 25.5 Å². The highest BCUT2D eigenvalue weighted by atomic mass is 32.1. The van der Waals surface area contributed by atoms with Crippen molar-refractivity contribution in [2.75, 3.05) is 26.7 Å². The molecule has 1 fully saturated rings. The van der Waals surface area contributed by atoms with Crippen molar-refractivity contribution in [2.45, 2.75) is 46.7 Å². The zero-order valence-electron chi connectivity index (χ0n) is 16.7. The number of nitrogens with one attached hydrogen (secondary N) is 2. The number of hydrogen-bond donors (Lipinski definition) is 2. The third-order valence-corrected chi connectivity index (χ3v) is 5.91. The van der Waals surface area contributed by atoms with Gasteiger partial charge in [-0.1, -0.05) is 0 Å². The number of thiazole rings is 1. The number of aliphatic imine (C=N–C) groups is 1. The highest BCUT2D eigenvalue weighted by Crippen LogP contribution is 2.19. The van der Waals surface area contributed by atoms with Gasteiger partial charge in [-0.15, -0.1) is 11.3 Å². The van der Waals surface area contributed by atoms with E-state index in [1.165, 1.54) is 17.7 Å². The summed E-state index contributed by atoms with van der Waals surface area (Å²) >= 11 is 1.71. The van der Waals surface area contributed by atoms with Gasteiger partial charge in [0.05, 0.1) is 18.8 Å². The van der Waals surface area contributed by atoms with E-state index in [1.54, 1.807) is 11.3 Å². The summed E-state index contributed by atoms with van der Waals surface area (Å²) in [7, 11) is 1.81. The third kappa shape index (κ3) is 5.77. The average molecular weight is 391 g/mol. The van der Waals surface area contributed by atoms with Crippen LogP contribution < -0.4 is 10.6 Å². The molecular formula is C19H30N6OS. The highest BCUT2D eigenvalue weighted by Gasteiger charge is 2.21. The lowest BCUT2D eigenvalue weighted by atomic mass is 9.97. The Morgan fingerprint density at radius 3 is 2.67 bits per heavy atom. The van der Waals surface area contributed by atoms with Gasteiger partial charge in [0.25, 0.3) is 0 Å². The highest BCUT2D eigenvalue weighted by molar-refractivity contribution is 7.11. The molecule has 3 heterocycles. The van der Waals surface area contributed by atoms with Gasteiger partial charge in [0, 0.05) is 24.7 Å². The van der Waals surface area contributed by atoms with E-state index in [-0.39, 0.29) is 0 Å². The molecule has 2 aromatic heterocycles. The monoisotopic (exact) mass is 390 g/mol. The maximum atomic E-state index is 5.71. The fourth-order valence-electron chi connectivity index (χ4n) is 3.25. The summed E-state index contributed by atoms with van der Waals surface area (Å²) in [6.45, 7) is 10.7. The molecule has 2 aromatic rings. The van der Waals surface area contributed by atoms with Crippen LogP contribution in [0.4, 0.5) is 0 Å². The summed E-state index contributed by atoms with van der Waals surface area (Å²) in [6.07, 6.45) is 4.26. The van der Waals surface area contributed by atoms with Crippen LogP contribution >= 0.6 is 11.3 Å². The van der Waals surface area contributed by atoms with Crippen molar-refractivity contribution < 1.29 is 4.42 Å². The van der Waals surface area contributed by atoms with Crippen LogP contribution in [0.15, 0.2) is 15.6 Å². The van der Waals surface area contributed by atoms with E-state index in [9.17, 15) is 0 Å². The Kier molecular flexibility index (Phi) is 6.84. The summed E-state index contributed by atoms with van der Waals surface area (Å²) < 4.78 is 5.71. The SMILES string of the molecule is CN=C(NCc1ncc(C)s1)NCC1CCN(Cc2nc(C)c(C)o2)CC1. The van der Waals surface area contributed by atoms with Crippen molar-refractivity contribution >= 4 is 17.3 Å². The Hall–Kier alpha value is -1.93. The molecule has 148 valence electrons. The number of rotatable bonds is 6. The summed E-state index contributed by atoms with van der Waals surface area (Å²) in [4.78, 5) is 16.8. The minimum Gasteiger partial charge on any atom is -0.444 e. The number of aryl methyl sites for hydroxylation is 3. The minimum atomic E-state index is 0.662. The van der Waals surface area contributed by atoms with Crippen LogP contribution in [0.5, 0.6) is 0 Å². The van der Waals surface area contributed by atoms with E-state index in [2.05, 4.69) is 37.4 Å². The zero-order valence-corrected chi connectivity index (χ0v) is 17.5. The number of likely N-dealkylation sites (tertiary alicyclic amines) is 1. The van der Waals surface area contributed by atoms with E-state index < -0.39 is 0 Å². The van der Waals surface area contributed by atoms with Gasteiger partial charge >= 0.3 is 0 Å². The summed E-state index contributed by atoms with van der Waals surface area (Å²) in [5, 5.41) is 7.89. The molecule has 0 aromatic carbocycles. The summed E-state index contributed by atoms with van der Waals surface area (Å²) in [6, 6.07) is 0. The molecule has 1 aliphatic heterocycles. The molecule has 0 saturated carbocycles. The number of oxazole rings is 1. The maximum Gasteiger partial charge on any atom is 0.208 e. The molecular weight excluding hydrogens is 360 g/mol. The molecule has 7 nitrogen and oxygen atoms in total. The van der Waals surface area contributed by atoms with E-state index >= 15 is 0 Å². The number of hydrogen-bond acceptors (Lipinski definition) is 6. The number of nitrogens with zero attached hydrogens (tertiary/aromatic N) is 4. The molecule has 27 heavy (non-hydrogen) atoms. The second kappa shape index (κ2) is 9.32. The molecule has 1 saturated heterocycles. The Morgan fingerprint density at radius 2 is 2.07 bits per heavy atom. The predicted molar refractivity (Wildman–Crippen MR) is 109 cm³/mol. The van der Waals surface area contributed by atoms with Crippen molar-refractivity contribution in [3.63, 3.8) is 0 Å². The first-order valence-corrected chi connectivity index (χ1v) is 10.4. The minimum absolute atomic E-state index is 0.662. The van der Waals surface area contributed by atoms with E-state index in [1.807, 2.05) is 27.1 Å². The molecule has 0 amide bonds. The smallest absolute Gasteiger partial charge is 0.208 e. The molecule has 0 atom stereocenters. The van der Waals surface area contributed by atoms with Gasteiger partial charge in [-0.3, -0.25) is 9.89 Å². The standard InChI is InChI=1S/C19H30N6OS/c1-13-9-21-18(27-13)11-23-19(20-4)22-10-16-5-7-25(8-6-16)12-17-24-14(2)15(3)26-17/h9,16H,5-8,10-12H2,1-4H3,(H2,20,22,23). The molecule has 0 spiro atoms. The van der Waals surface area contributed by atoms with Gasteiger partial charge in [-0.2, -0.15) is 0 Å². The van der Waals surface area contributed by atoms with E-state index in [0.29, 0.717) is 12.5 Å². The van der Waals surface area contributed by atoms with Crippen LogP contribution in [-0.2, 0) is 13.1 Å². The second-order valence-corrected chi connectivity index (χ2v) is 8.46. The van der Waals surface area contributed by atoms with Gasteiger partial charge in [0.1, 0.15) is 10.8 Å². The van der Waals surface area contributed by atoms with E-state index in [4.69, 9.17) is 4.42 Å². The van der Waals surface area contributed by atoms with Crippen molar-refractivity contribution in [3.8, 4) is 0 Å². The maximum absolute atomic E-state index is 5.71. The fraction of sp³-hybridized carbons (Fsp3) is 0.632. The Bertz CT molecular complexity index is 741. The lowest BCUT2D eigenvalue weighted by molar-refractivity contribution is 0.164. The second-order valence-electron chi connectivity index (χ2n) is 7.14. The first kappa shape index (κ1) is 19.8. The number of aromatic nitrogens is 2. The van der Waals surface area contributed by atoms with Crippen LogP contribution in [0.3, 0.4) is 0 Å². The topological polar surface area (TPSA) is 78.6 Å². The van der Waals surface area contributed by atoms with Gasteiger partial charge < -0.3 is 15.1 Å². The number of guanidine groups is 1. The lowest BCUT2D eigenvalue weighted by Gasteiger charge is -2.31. The molecule has 0 aliphatic carbocycles. The van der Waals surface area contributed by atoms with Gasteiger partial charge in [0.15, 0.2) is 5.96 Å². The average Bonchev–Trinajstić information content (AvgIpc) is 3.21. The zero-order chi connectivity index (χ0) is 19.2. The van der Waals surface area contributed by atoms with Crippen LogP contribution in [0.2, 0.25) is 0 Å². The molecule has 0 bridgehead atoms. The van der Waals surface area contributed by atoms with Gasteiger partial charge in [-0.25, -0.2) is 9.97 Å². The first-order chi connectivity index (χ1) is 13.0. The van der Waals surface area contributed by atoms with Crippen LogP contribution in [0.1, 0.15) is 40.1 Å². The fourth-order valence-corrected chi connectivity index (χ4v) is 3.98. The largest absolute Gasteiger partial charge is 0.444 e. The van der Waals surface area contributed by atoms with Crippen LogP contribution in [-0.4, -0.2) is 47.5 Å². The summed E-state index contributed by atoms with van der Waals surface area (Å²) in [5.74, 6) is 3.27. The Morgan fingerprint density at radius 1 is 1.30 bits per heavy atom. The molecule has 2 N–H and O–H groups in total. The van der Waals surface area contributed by atoms with Crippen LogP contribution in [0, 0.1) is 26.7 Å².